The second kappa shape index (κ2) is 9.00. The molecule has 0 saturated carbocycles. The second-order valence-electron chi connectivity index (χ2n) is 4.69. The molecule has 1 unspecified atom stereocenters. The van der Waals surface area contributed by atoms with Crippen molar-refractivity contribution >= 4 is 51.7 Å². The van der Waals surface area contributed by atoms with Gasteiger partial charge in [0.1, 0.15) is 5.01 Å². The second-order valence-corrected chi connectivity index (χ2v) is 7.30. The van der Waals surface area contributed by atoms with Crippen LogP contribution in [0.3, 0.4) is 0 Å². The first-order valence-corrected chi connectivity index (χ1v) is 9.36. The van der Waals surface area contributed by atoms with Gasteiger partial charge in [-0.3, -0.25) is 14.9 Å². The standard InChI is InChI=1S/C15H16ClN3O3S2/c1-3-11(23-8-12(20)22-2)13(21)17-15-19-18-14(24-15)9-4-6-10(16)7-5-9/h4-7,11H,3,8H2,1-2H3,(H,17,19,21). The number of carbonyl (C=O) groups excluding carboxylic acids is 2. The van der Waals surface area contributed by atoms with Gasteiger partial charge in [0.2, 0.25) is 11.0 Å². The van der Waals surface area contributed by atoms with E-state index < -0.39 is 0 Å². The predicted octanol–water partition coefficient (Wildman–Crippen LogP) is 3.48. The van der Waals surface area contributed by atoms with Crippen LogP contribution in [0.25, 0.3) is 10.6 Å². The van der Waals surface area contributed by atoms with E-state index in [1.807, 2.05) is 19.1 Å². The average molecular weight is 386 g/mol. The summed E-state index contributed by atoms with van der Waals surface area (Å²) >= 11 is 8.38. The van der Waals surface area contributed by atoms with E-state index in [4.69, 9.17) is 11.6 Å². The summed E-state index contributed by atoms with van der Waals surface area (Å²) < 4.78 is 4.58. The number of esters is 1. The molecule has 0 aliphatic heterocycles. The highest BCUT2D eigenvalue weighted by Gasteiger charge is 2.20. The van der Waals surface area contributed by atoms with Crippen molar-refractivity contribution in [2.45, 2.75) is 18.6 Å². The van der Waals surface area contributed by atoms with Gasteiger partial charge in [-0.1, -0.05) is 42.0 Å². The fraction of sp³-hybridized carbons (Fsp3) is 0.333. The number of rotatable bonds is 7. The molecule has 24 heavy (non-hydrogen) atoms. The molecular weight excluding hydrogens is 370 g/mol. The molecule has 0 fully saturated rings. The number of benzene rings is 1. The number of thioether (sulfide) groups is 1. The van der Waals surface area contributed by atoms with Crippen LogP contribution in [0.5, 0.6) is 0 Å². The van der Waals surface area contributed by atoms with Gasteiger partial charge in [0.25, 0.3) is 0 Å². The van der Waals surface area contributed by atoms with Crippen molar-refractivity contribution in [2.24, 2.45) is 0 Å². The molecule has 9 heteroatoms. The van der Waals surface area contributed by atoms with Crippen molar-refractivity contribution in [3.8, 4) is 10.6 Å². The minimum Gasteiger partial charge on any atom is -0.468 e. The Hall–Kier alpha value is -1.64. The number of methoxy groups -OCH3 is 1. The molecule has 0 radical (unpaired) electrons. The lowest BCUT2D eigenvalue weighted by molar-refractivity contribution is -0.137. The number of hydrogen-bond acceptors (Lipinski definition) is 7. The lowest BCUT2D eigenvalue weighted by Crippen LogP contribution is -2.25. The molecule has 0 bridgehead atoms. The molecule has 1 atom stereocenters. The maximum Gasteiger partial charge on any atom is 0.315 e. The van der Waals surface area contributed by atoms with Crippen molar-refractivity contribution in [2.75, 3.05) is 18.2 Å². The van der Waals surface area contributed by atoms with Gasteiger partial charge in [0, 0.05) is 10.6 Å². The first kappa shape index (κ1) is 18.7. The molecule has 0 saturated heterocycles. The summed E-state index contributed by atoms with van der Waals surface area (Å²) in [6.07, 6.45) is 0.594. The summed E-state index contributed by atoms with van der Waals surface area (Å²) in [6.45, 7) is 1.88. The third-order valence-corrected chi connectivity index (χ3v) is 5.53. The number of nitrogens with one attached hydrogen (secondary N) is 1. The Kier molecular flexibility index (Phi) is 7.01. The van der Waals surface area contributed by atoms with Gasteiger partial charge in [-0.15, -0.1) is 22.0 Å². The minimum atomic E-state index is -0.355. The molecule has 2 aromatic rings. The van der Waals surface area contributed by atoms with Crippen LogP contribution in [0, 0.1) is 0 Å². The Bertz CT molecular complexity index is 706. The summed E-state index contributed by atoms with van der Waals surface area (Å²) in [4.78, 5) is 23.5. The zero-order valence-corrected chi connectivity index (χ0v) is 15.5. The molecule has 2 rings (SSSR count). The zero-order chi connectivity index (χ0) is 17.5. The van der Waals surface area contributed by atoms with Crippen LogP contribution in [-0.4, -0.2) is 40.2 Å². The van der Waals surface area contributed by atoms with Gasteiger partial charge in [-0.2, -0.15) is 0 Å². The maximum absolute atomic E-state index is 12.3. The first-order valence-electron chi connectivity index (χ1n) is 7.12. The normalized spacial score (nSPS) is 11.8. The zero-order valence-electron chi connectivity index (χ0n) is 13.1. The summed E-state index contributed by atoms with van der Waals surface area (Å²) in [5.74, 6) is -0.424. The van der Waals surface area contributed by atoms with Crippen molar-refractivity contribution in [1.29, 1.82) is 0 Å². The molecule has 1 aromatic heterocycles. The summed E-state index contributed by atoms with van der Waals surface area (Å²) in [5.41, 5.74) is 0.879. The summed E-state index contributed by atoms with van der Waals surface area (Å²) in [7, 11) is 1.32. The van der Waals surface area contributed by atoms with E-state index in [2.05, 4.69) is 20.3 Å². The topological polar surface area (TPSA) is 81.2 Å². The number of hydrogen-bond donors (Lipinski definition) is 1. The monoisotopic (exact) mass is 385 g/mol. The number of aromatic nitrogens is 2. The summed E-state index contributed by atoms with van der Waals surface area (Å²) in [5, 5.41) is 12.2. The Morgan fingerprint density at radius 3 is 2.67 bits per heavy atom. The number of amides is 1. The van der Waals surface area contributed by atoms with Crippen LogP contribution < -0.4 is 5.32 Å². The van der Waals surface area contributed by atoms with Crippen LogP contribution in [0.4, 0.5) is 5.13 Å². The number of ether oxygens (including phenoxy) is 1. The number of carbonyl (C=O) groups is 2. The lowest BCUT2D eigenvalue weighted by atomic mass is 10.2. The molecular formula is C15H16ClN3O3S2. The first-order chi connectivity index (χ1) is 11.5. The predicted molar refractivity (Wildman–Crippen MR) is 97.5 cm³/mol. The van der Waals surface area contributed by atoms with Crippen LogP contribution in [-0.2, 0) is 14.3 Å². The maximum atomic E-state index is 12.3. The molecule has 1 amide bonds. The molecule has 1 heterocycles. The Balaban J connectivity index is 1.98. The van der Waals surface area contributed by atoms with E-state index in [0.717, 1.165) is 5.56 Å². The largest absolute Gasteiger partial charge is 0.468 e. The van der Waals surface area contributed by atoms with E-state index in [9.17, 15) is 9.59 Å². The van der Waals surface area contributed by atoms with E-state index in [1.165, 1.54) is 30.2 Å². The van der Waals surface area contributed by atoms with Gasteiger partial charge < -0.3 is 4.74 Å². The van der Waals surface area contributed by atoms with Gasteiger partial charge in [0.15, 0.2) is 0 Å². The third-order valence-electron chi connectivity index (χ3n) is 3.04. The highest BCUT2D eigenvalue weighted by Crippen LogP contribution is 2.28. The van der Waals surface area contributed by atoms with E-state index >= 15 is 0 Å². The lowest BCUT2D eigenvalue weighted by Gasteiger charge is -2.12. The quantitative estimate of drug-likeness (QED) is 0.735. The van der Waals surface area contributed by atoms with Gasteiger partial charge >= 0.3 is 5.97 Å². The Labute approximate surface area is 153 Å². The molecule has 0 aliphatic rings. The average Bonchev–Trinajstić information content (AvgIpc) is 3.04. The van der Waals surface area contributed by atoms with Crippen LogP contribution >= 0.6 is 34.7 Å². The van der Waals surface area contributed by atoms with E-state index in [1.54, 1.807) is 12.1 Å². The molecule has 128 valence electrons. The van der Waals surface area contributed by atoms with Crippen LogP contribution in [0.2, 0.25) is 5.02 Å². The summed E-state index contributed by atoms with van der Waals surface area (Å²) in [6, 6.07) is 7.23. The number of anilines is 1. The fourth-order valence-electron chi connectivity index (χ4n) is 1.78. The molecule has 0 aliphatic carbocycles. The van der Waals surface area contributed by atoms with Crippen molar-refractivity contribution < 1.29 is 14.3 Å². The van der Waals surface area contributed by atoms with Crippen molar-refractivity contribution in [3.05, 3.63) is 29.3 Å². The van der Waals surface area contributed by atoms with E-state index in [0.29, 0.717) is 21.6 Å². The SMILES string of the molecule is CCC(SCC(=O)OC)C(=O)Nc1nnc(-c2ccc(Cl)cc2)s1. The van der Waals surface area contributed by atoms with Gasteiger partial charge in [-0.25, -0.2) is 0 Å². The third kappa shape index (κ3) is 5.19. The van der Waals surface area contributed by atoms with Crippen molar-refractivity contribution in [1.82, 2.24) is 10.2 Å². The molecule has 6 nitrogen and oxygen atoms in total. The van der Waals surface area contributed by atoms with Crippen molar-refractivity contribution in [3.63, 3.8) is 0 Å². The molecule has 1 N–H and O–H groups in total. The minimum absolute atomic E-state index is 0.134. The highest BCUT2D eigenvalue weighted by atomic mass is 35.5. The molecule has 1 aromatic carbocycles. The van der Waals surface area contributed by atoms with Crippen LogP contribution in [0.15, 0.2) is 24.3 Å². The smallest absolute Gasteiger partial charge is 0.315 e. The molecule has 0 spiro atoms. The van der Waals surface area contributed by atoms with Gasteiger partial charge in [0.05, 0.1) is 18.1 Å². The van der Waals surface area contributed by atoms with E-state index in [-0.39, 0.29) is 22.9 Å². The fourth-order valence-corrected chi connectivity index (χ4v) is 3.55. The van der Waals surface area contributed by atoms with Gasteiger partial charge in [-0.05, 0) is 18.6 Å². The highest BCUT2D eigenvalue weighted by molar-refractivity contribution is 8.01. The Morgan fingerprint density at radius 2 is 2.04 bits per heavy atom. The van der Waals surface area contributed by atoms with Crippen LogP contribution in [0.1, 0.15) is 13.3 Å². The number of halogens is 1. The Morgan fingerprint density at radius 1 is 1.33 bits per heavy atom. The number of nitrogens with zero attached hydrogens (tertiary/aromatic N) is 2.